The van der Waals surface area contributed by atoms with E-state index in [-0.39, 0.29) is 6.10 Å². The highest BCUT2D eigenvalue weighted by molar-refractivity contribution is 7.98. The van der Waals surface area contributed by atoms with E-state index in [1.54, 1.807) is 11.8 Å². The van der Waals surface area contributed by atoms with Crippen molar-refractivity contribution in [3.05, 3.63) is 0 Å². The molecule has 7 heteroatoms. The summed E-state index contributed by atoms with van der Waals surface area (Å²) in [5.41, 5.74) is 0. The number of carboxylic acid groups (broad SMARTS) is 1. The summed E-state index contributed by atoms with van der Waals surface area (Å²) in [7, 11) is 0. The van der Waals surface area contributed by atoms with E-state index in [2.05, 4.69) is 10.6 Å². The van der Waals surface area contributed by atoms with E-state index in [0.717, 1.165) is 25.9 Å². The molecule has 2 amide bonds. The summed E-state index contributed by atoms with van der Waals surface area (Å²) in [6.07, 6.45) is 5.44. The number of hydrogen-bond acceptors (Lipinski definition) is 4. The number of carbonyl (C=O) groups is 2. The highest BCUT2D eigenvalue weighted by atomic mass is 32.2. The van der Waals surface area contributed by atoms with Gasteiger partial charge >= 0.3 is 12.0 Å². The minimum atomic E-state index is -0.997. The topological polar surface area (TPSA) is 87.7 Å². The number of thioether (sulfide) groups is 1. The molecule has 19 heavy (non-hydrogen) atoms. The first-order valence-corrected chi connectivity index (χ1v) is 7.90. The van der Waals surface area contributed by atoms with E-state index >= 15 is 0 Å². The van der Waals surface area contributed by atoms with E-state index in [0.29, 0.717) is 18.7 Å². The van der Waals surface area contributed by atoms with Crippen molar-refractivity contribution in [2.45, 2.75) is 37.8 Å². The van der Waals surface area contributed by atoms with E-state index in [1.165, 1.54) is 0 Å². The van der Waals surface area contributed by atoms with Crippen LogP contribution in [-0.2, 0) is 9.53 Å². The van der Waals surface area contributed by atoms with Crippen molar-refractivity contribution in [1.82, 2.24) is 10.6 Å². The predicted molar refractivity (Wildman–Crippen MR) is 74.5 cm³/mol. The lowest BCUT2D eigenvalue weighted by molar-refractivity contribution is -0.139. The second-order valence-electron chi connectivity index (χ2n) is 4.50. The summed E-state index contributed by atoms with van der Waals surface area (Å²) in [6, 6.07) is -1.25. The largest absolute Gasteiger partial charge is 0.480 e. The van der Waals surface area contributed by atoms with Gasteiger partial charge in [-0.3, -0.25) is 0 Å². The van der Waals surface area contributed by atoms with Gasteiger partial charge in [0.15, 0.2) is 0 Å². The highest BCUT2D eigenvalue weighted by Gasteiger charge is 2.19. The summed E-state index contributed by atoms with van der Waals surface area (Å²) >= 11 is 1.56. The third-order valence-electron chi connectivity index (χ3n) is 2.99. The van der Waals surface area contributed by atoms with Crippen molar-refractivity contribution < 1.29 is 19.4 Å². The lowest BCUT2D eigenvalue weighted by atomic mass is 10.2. The van der Waals surface area contributed by atoms with Crippen molar-refractivity contribution in [1.29, 1.82) is 0 Å². The molecule has 1 unspecified atom stereocenters. The Morgan fingerprint density at radius 1 is 1.53 bits per heavy atom. The maximum Gasteiger partial charge on any atom is 0.326 e. The number of amides is 2. The second-order valence-corrected chi connectivity index (χ2v) is 5.48. The molecule has 0 aromatic heterocycles. The SMILES string of the molecule is CSCC[C@@H](NC(=O)NCCC1CCCO1)C(=O)O. The van der Waals surface area contributed by atoms with Crippen LogP contribution in [0.1, 0.15) is 25.7 Å². The molecule has 1 saturated heterocycles. The Balaban J connectivity index is 2.17. The molecule has 6 nitrogen and oxygen atoms in total. The maximum atomic E-state index is 11.6. The summed E-state index contributed by atoms with van der Waals surface area (Å²) < 4.78 is 5.44. The van der Waals surface area contributed by atoms with Crippen LogP contribution in [-0.4, -0.2) is 54.4 Å². The van der Waals surface area contributed by atoms with Gasteiger partial charge in [-0.2, -0.15) is 11.8 Å². The molecular weight excluding hydrogens is 268 g/mol. The molecule has 1 rings (SSSR count). The number of carbonyl (C=O) groups excluding carboxylic acids is 1. The van der Waals surface area contributed by atoms with Crippen molar-refractivity contribution in [2.24, 2.45) is 0 Å². The number of nitrogens with one attached hydrogen (secondary N) is 2. The van der Waals surface area contributed by atoms with Gasteiger partial charge in [-0.1, -0.05) is 0 Å². The summed E-state index contributed by atoms with van der Waals surface area (Å²) in [6.45, 7) is 1.30. The third-order valence-corrected chi connectivity index (χ3v) is 3.63. The molecule has 1 aliphatic heterocycles. The molecule has 0 aromatic rings. The van der Waals surface area contributed by atoms with Gasteiger partial charge in [0.1, 0.15) is 6.04 Å². The van der Waals surface area contributed by atoms with Crippen LogP contribution < -0.4 is 10.6 Å². The lowest BCUT2D eigenvalue weighted by Gasteiger charge is -2.15. The molecule has 0 radical (unpaired) electrons. The van der Waals surface area contributed by atoms with Gasteiger partial charge in [-0.25, -0.2) is 9.59 Å². The first-order valence-electron chi connectivity index (χ1n) is 6.51. The second kappa shape index (κ2) is 9.03. The fraction of sp³-hybridized carbons (Fsp3) is 0.833. The number of urea groups is 1. The third kappa shape index (κ3) is 6.68. The fourth-order valence-corrected chi connectivity index (χ4v) is 2.39. The van der Waals surface area contributed by atoms with Crippen LogP contribution in [0.25, 0.3) is 0 Å². The van der Waals surface area contributed by atoms with Gasteiger partial charge in [0.05, 0.1) is 6.10 Å². The van der Waals surface area contributed by atoms with Crippen LogP contribution >= 0.6 is 11.8 Å². The van der Waals surface area contributed by atoms with Crippen molar-refractivity contribution in [2.75, 3.05) is 25.2 Å². The van der Waals surface area contributed by atoms with Crippen LogP contribution in [0.2, 0.25) is 0 Å². The van der Waals surface area contributed by atoms with Crippen LogP contribution in [0.3, 0.4) is 0 Å². The molecule has 0 saturated carbocycles. The Kier molecular flexibility index (Phi) is 7.66. The molecule has 110 valence electrons. The van der Waals surface area contributed by atoms with Gasteiger partial charge in [-0.05, 0) is 37.7 Å². The van der Waals surface area contributed by atoms with Crippen molar-refractivity contribution >= 4 is 23.8 Å². The number of rotatable bonds is 8. The van der Waals surface area contributed by atoms with Crippen molar-refractivity contribution in [3.8, 4) is 0 Å². The zero-order valence-corrected chi connectivity index (χ0v) is 12.0. The average molecular weight is 290 g/mol. The standard InChI is InChI=1S/C12H22N2O4S/c1-19-8-5-10(11(15)16)14-12(17)13-6-4-9-3-2-7-18-9/h9-10H,2-8H2,1H3,(H,15,16)(H2,13,14,17)/t9?,10-/m1/s1. The molecule has 1 fully saturated rings. The average Bonchev–Trinajstić information content (AvgIpc) is 2.87. The Hall–Kier alpha value is -0.950. The Morgan fingerprint density at radius 3 is 2.89 bits per heavy atom. The molecule has 1 heterocycles. The van der Waals surface area contributed by atoms with Crippen LogP contribution in [0.4, 0.5) is 4.79 Å². The highest BCUT2D eigenvalue weighted by Crippen LogP contribution is 2.14. The van der Waals surface area contributed by atoms with Gasteiger partial charge in [0, 0.05) is 13.2 Å². The first kappa shape index (κ1) is 16.1. The van der Waals surface area contributed by atoms with Crippen LogP contribution in [0, 0.1) is 0 Å². The molecule has 0 spiro atoms. The molecular formula is C12H22N2O4S. The first-order chi connectivity index (χ1) is 9.13. The normalized spacial score (nSPS) is 19.9. The minimum Gasteiger partial charge on any atom is -0.480 e. The molecule has 1 aliphatic rings. The van der Waals surface area contributed by atoms with E-state index in [1.807, 2.05) is 6.26 Å². The predicted octanol–water partition coefficient (Wildman–Crippen LogP) is 1.06. The van der Waals surface area contributed by atoms with E-state index in [4.69, 9.17) is 9.84 Å². The van der Waals surface area contributed by atoms with Gasteiger partial charge in [0.2, 0.25) is 0 Å². The molecule has 0 aromatic carbocycles. The number of aliphatic carboxylic acids is 1. The van der Waals surface area contributed by atoms with Crippen LogP contribution in [0.15, 0.2) is 0 Å². The van der Waals surface area contributed by atoms with Crippen LogP contribution in [0.5, 0.6) is 0 Å². The summed E-state index contributed by atoms with van der Waals surface area (Å²) in [4.78, 5) is 22.5. The molecule has 2 atom stereocenters. The Labute approximate surface area is 117 Å². The molecule has 0 bridgehead atoms. The van der Waals surface area contributed by atoms with E-state index in [9.17, 15) is 9.59 Å². The zero-order valence-electron chi connectivity index (χ0n) is 11.2. The molecule has 3 N–H and O–H groups in total. The number of ether oxygens (including phenoxy) is 1. The number of hydrogen-bond donors (Lipinski definition) is 3. The Morgan fingerprint density at radius 2 is 2.32 bits per heavy atom. The molecule has 0 aliphatic carbocycles. The summed E-state index contributed by atoms with van der Waals surface area (Å²) in [5, 5.41) is 14.1. The van der Waals surface area contributed by atoms with Crippen molar-refractivity contribution in [3.63, 3.8) is 0 Å². The zero-order chi connectivity index (χ0) is 14.1. The minimum absolute atomic E-state index is 0.229. The van der Waals surface area contributed by atoms with E-state index < -0.39 is 18.0 Å². The maximum absolute atomic E-state index is 11.6. The fourth-order valence-electron chi connectivity index (χ4n) is 1.92. The monoisotopic (exact) mass is 290 g/mol. The smallest absolute Gasteiger partial charge is 0.326 e. The summed E-state index contributed by atoms with van der Waals surface area (Å²) in [5.74, 6) is -0.295. The number of carboxylic acids is 1. The Bertz CT molecular complexity index is 295. The van der Waals surface area contributed by atoms with Gasteiger partial charge in [0.25, 0.3) is 0 Å². The quantitative estimate of drug-likeness (QED) is 0.622. The lowest BCUT2D eigenvalue weighted by Crippen LogP contribution is -2.46. The van der Waals surface area contributed by atoms with Gasteiger partial charge < -0.3 is 20.5 Å². The van der Waals surface area contributed by atoms with Gasteiger partial charge in [-0.15, -0.1) is 0 Å².